The third kappa shape index (κ3) is 2.97. The molecular formula is C12H19N3O. The van der Waals surface area contributed by atoms with Gasteiger partial charge in [0.25, 0.3) is 0 Å². The predicted molar refractivity (Wildman–Crippen MR) is 66.4 cm³/mol. The third-order valence-electron chi connectivity index (χ3n) is 2.53. The molecule has 0 aliphatic heterocycles. The van der Waals surface area contributed by atoms with Crippen molar-refractivity contribution in [3.63, 3.8) is 0 Å². The van der Waals surface area contributed by atoms with Gasteiger partial charge < -0.3 is 16.0 Å². The Balaban J connectivity index is 2.92. The van der Waals surface area contributed by atoms with Gasteiger partial charge in [0.2, 0.25) is 5.91 Å². The molecule has 0 saturated heterocycles. The van der Waals surface area contributed by atoms with E-state index < -0.39 is 0 Å². The molecule has 0 aromatic heterocycles. The minimum absolute atomic E-state index is 0.00743. The summed E-state index contributed by atoms with van der Waals surface area (Å²) in [4.78, 5) is 13.2. The largest absolute Gasteiger partial charge is 0.365 e. The van der Waals surface area contributed by atoms with Crippen LogP contribution in [0.5, 0.6) is 0 Å². The molecule has 0 heterocycles. The lowest BCUT2D eigenvalue weighted by atomic mass is 10.1. The van der Waals surface area contributed by atoms with E-state index in [2.05, 4.69) is 5.32 Å². The van der Waals surface area contributed by atoms with Gasteiger partial charge in [0.15, 0.2) is 0 Å². The molecule has 0 fully saturated rings. The quantitative estimate of drug-likeness (QED) is 0.784. The number of carbonyl (C=O) groups is 1. The average molecular weight is 221 g/mol. The Hall–Kier alpha value is -1.55. The monoisotopic (exact) mass is 221 g/mol. The Bertz CT molecular complexity index is 377. The van der Waals surface area contributed by atoms with E-state index in [1.165, 1.54) is 0 Å². The number of likely N-dealkylation sites (N-methyl/N-ethyl adjacent to an activating group) is 2. The van der Waals surface area contributed by atoms with Crippen molar-refractivity contribution in [2.45, 2.75) is 13.5 Å². The second-order valence-corrected chi connectivity index (χ2v) is 3.87. The van der Waals surface area contributed by atoms with Crippen LogP contribution >= 0.6 is 0 Å². The SMILES string of the molecule is CNC(=O)CN(C)c1cc(C)ccc1CN. The third-order valence-corrected chi connectivity index (χ3v) is 2.53. The van der Waals surface area contributed by atoms with Crippen molar-refractivity contribution in [1.82, 2.24) is 5.32 Å². The second kappa shape index (κ2) is 5.51. The zero-order valence-electron chi connectivity index (χ0n) is 10.1. The molecule has 0 spiro atoms. The molecule has 3 N–H and O–H groups in total. The Labute approximate surface area is 96.4 Å². The summed E-state index contributed by atoms with van der Waals surface area (Å²) >= 11 is 0. The number of rotatable bonds is 4. The van der Waals surface area contributed by atoms with Gasteiger partial charge in [-0.05, 0) is 24.1 Å². The van der Waals surface area contributed by atoms with Crippen molar-refractivity contribution in [3.05, 3.63) is 29.3 Å². The zero-order valence-corrected chi connectivity index (χ0v) is 10.1. The first kappa shape index (κ1) is 12.5. The van der Waals surface area contributed by atoms with Crippen LogP contribution in [-0.4, -0.2) is 26.5 Å². The van der Waals surface area contributed by atoms with Crippen molar-refractivity contribution in [2.24, 2.45) is 5.73 Å². The number of nitrogens with two attached hydrogens (primary N) is 1. The smallest absolute Gasteiger partial charge is 0.239 e. The highest BCUT2D eigenvalue weighted by Gasteiger charge is 2.09. The van der Waals surface area contributed by atoms with Crippen LogP contribution in [0.1, 0.15) is 11.1 Å². The van der Waals surface area contributed by atoms with Crippen molar-refractivity contribution >= 4 is 11.6 Å². The van der Waals surface area contributed by atoms with Crippen molar-refractivity contribution < 1.29 is 4.79 Å². The van der Waals surface area contributed by atoms with Gasteiger partial charge in [-0.2, -0.15) is 0 Å². The van der Waals surface area contributed by atoms with E-state index >= 15 is 0 Å². The van der Waals surface area contributed by atoms with Gasteiger partial charge in [-0.3, -0.25) is 4.79 Å². The normalized spacial score (nSPS) is 10.0. The molecule has 0 aliphatic rings. The number of benzene rings is 1. The minimum atomic E-state index is -0.00743. The highest BCUT2D eigenvalue weighted by molar-refractivity contribution is 5.81. The molecule has 16 heavy (non-hydrogen) atoms. The minimum Gasteiger partial charge on any atom is -0.365 e. The van der Waals surface area contributed by atoms with E-state index in [9.17, 15) is 4.79 Å². The highest BCUT2D eigenvalue weighted by Crippen LogP contribution is 2.20. The Kier molecular flexibility index (Phi) is 4.31. The molecule has 0 atom stereocenters. The molecule has 1 amide bonds. The molecule has 0 unspecified atom stereocenters. The van der Waals surface area contributed by atoms with Crippen LogP contribution < -0.4 is 16.0 Å². The van der Waals surface area contributed by atoms with Gasteiger partial charge in [0, 0.05) is 26.3 Å². The zero-order chi connectivity index (χ0) is 12.1. The summed E-state index contributed by atoms with van der Waals surface area (Å²) in [6, 6.07) is 6.08. The maximum absolute atomic E-state index is 11.3. The van der Waals surface area contributed by atoms with Crippen molar-refractivity contribution in [2.75, 3.05) is 25.5 Å². The fourth-order valence-electron chi connectivity index (χ4n) is 1.58. The lowest BCUT2D eigenvalue weighted by Gasteiger charge is -2.21. The highest BCUT2D eigenvalue weighted by atomic mass is 16.1. The summed E-state index contributed by atoms with van der Waals surface area (Å²) in [6.45, 7) is 2.85. The maximum Gasteiger partial charge on any atom is 0.239 e. The lowest BCUT2D eigenvalue weighted by Crippen LogP contribution is -2.33. The molecule has 0 saturated carbocycles. The first-order chi connectivity index (χ1) is 7.58. The molecule has 0 radical (unpaired) electrons. The first-order valence-corrected chi connectivity index (χ1v) is 5.29. The van der Waals surface area contributed by atoms with E-state index in [4.69, 9.17) is 5.73 Å². The summed E-state index contributed by atoms with van der Waals surface area (Å²) in [5.74, 6) is -0.00743. The van der Waals surface area contributed by atoms with Gasteiger partial charge in [0.1, 0.15) is 0 Å². The van der Waals surface area contributed by atoms with Gasteiger partial charge in [-0.1, -0.05) is 12.1 Å². The summed E-state index contributed by atoms with van der Waals surface area (Å²) in [6.07, 6.45) is 0. The number of nitrogens with zero attached hydrogens (tertiary/aromatic N) is 1. The first-order valence-electron chi connectivity index (χ1n) is 5.29. The summed E-state index contributed by atoms with van der Waals surface area (Å²) in [5, 5.41) is 2.61. The van der Waals surface area contributed by atoms with Crippen LogP contribution in [0.25, 0.3) is 0 Å². The van der Waals surface area contributed by atoms with Crippen LogP contribution in [0.3, 0.4) is 0 Å². The van der Waals surface area contributed by atoms with Gasteiger partial charge in [-0.25, -0.2) is 0 Å². The number of amides is 1. The van der Waals surface area contributed by atoms with E-state index in [0.29, 0.717) is 13.1 Å². The van der Waals surface area contributed by atoms with E-state index in [0.717, 1.165) is 16.8 Å². The Morgan fingerprint density at radius 2 is 2.19 bits per heavy atom. The van der Waals surface area contributed by atoms with Crippen LogP contribution in [0.15, 0.2) is 18.2 Å². The average Bonchev–Trinajstić information content (AvgIpc) is 2.28. The lowest BCUT2D eigenvalue weighted by molar-refractivity contribution is -0.119. The Morgan fingerprint density at radius 1 is 1.50 bits per heavy atom. The van der Waals surface area contributed by atoms with Gasteiger partial charge in [-0.15, -0.1) is 0 Å². The molecule has 0 bridgehead atoms. The molecule has 4 nitrogen and oxygen atoms in total. The van der Waals surface area contributed by atoms with Crippen LogP contribution in [0.4, 0.5) is 5.69 Å². The molecule has 0 aliphatic carbocycles. The fraction of sp³-hybridized carbons (Fsp3) is 0.417. The van der Waals surface area contributed by atoms with Crippen LogP contribution in [0.2, 0.25) is 0 Å². The summed E-state index contributed by atoms with van der Waals surface area (Å²) in [5.41, 5.74) is 8.91. The number of anilines is 1. The standard InChI is InChI=1S/C12H19N3O/c1-9-4-5-10(7-13)11(6-9)15(3)8-12(16)14-2/h4-6H,7-8,13H2,1-3H3,(H,14,16). The number of aryl methyl sites for hydroxylation is 1. The van der Waals surface area contributed by atoms with Gasteiger partial charge in [0.05, 0.1) is 6.54 Å². The number of nitrogens with one attached hydrogen (secondary N) is 1. The van der Waals surface area contributed by atoms with Crippen molar-refractivity contribution in [3.8, 4) is 0 Å². The molecule has 1 rings (SSSR count). The van der Waals surface area contributed by atoms with E-state index in [-0.39, 0.29) is 5.91 Å². The number of carbonyl (C=O) groups excluding carboxylic acids is 1. The summed E-state index contributed by atoms with van der Waals surface area (Å²) < 4.78 is 0. The molecular weight excluding hydrogens is 202 g/mol. The summed E-state index contributed by atoms with van der Waals surface area (Å²) in [7, 11) is 3.53. The van der Waals surface area contributed by atoms with Crippen LogP contribution in [0, 0.1) is 6.92 Å². The topological polar surface area (TPSA) is 58.4 Å². The van der Waals surface area contributed by atoms with Crippen molar-refractivity contribution in [1.29, 1.82) is 0 Å². The second-order valence-electron chi connectivity index (χ2n) is 3.87. The molecule has 88 valence electrons. The number of hydrogen-bond acceptors (Lipinski definition) is 3. The van der Waals surface area contributed by atoms with Crippen LogP contribution in [-0.2, 0) is 11.3 Å². The van der Waals surface area contributed by atoms with E-state index in [1.54, 1.807) is 7.05 Å². The predicted octanol–water partition coefficient (Wildman–Crippen LogP) is 0.636. The fourth-order valence-corrected chi connectivity index (χ4v) is 1.58. The number of hydrogen-bond donors (Lipinski definition) is 2. The van der Waals surface area contributed by atoms with E-state index in [1.807, 2.05) is 37.1 Å². The molecule has 1 aromatic carbocycles. The molecule has 1 aromatic rings. The molecule has 4 heteroatoms. The Morgan fingerprint density at radius 3 is 2.75 bits per heavy atom. The maximum atomic E-state index is 11.3. The van der Waals surface area contributed by atoms with Gasteiger partial charge >= 0.3 is 0 Å².